The van der Waals surface area contributed by atoms with Crippen molar-refractivity contribution in [2.45, 2.75) is 24.8 Å². The molecule has 6 nitrogen and oxygen atoms in total. The second-order valence-corrected chi connectivity index (χ2v) is 7.54. The lowest BCUT2D eigenvalue weighted by atomic mass is 10.2. The van der Waals surface area contributed by atoms with Crippen LogP contribution in [0.5, 0.6) is 11.5 Å². The van der Waals surface area contributed by atoms with Crippen LogP contribution in [-0.2, 0) is 9.84 Å². The van der Waals surface area contributed by atoms with Gasteiger partial charge in [-0.25, -0.2) is 13.2 Å². The van der Waals surface area contributed by atoms with Crippen molar-refractivity contribution in [3.8, 4) is 11.5 Å². The third-order valence-corrected chi connectivity index (χ3v) is 5.27. The van der Waals surface area contributed by atoms with E-state index in [-0.39, 0.29) is 22.0 Å². The Labute approximate surface area is 140 Å². The van der Waals surface area contributed by atoms with Crippen molar-refractivity contribution in [3.05, 3.63) is 53.6 Å². The van der Waals surface area contributed by atoms with Crippen LogP contribution in [0.3, 0.4) is 0 Å². The van der Waals surface area contributed by atoms with Gasteiger partial charge in [0, 0.05) is 6.07 Å². The molecule has 0 heterocycles. The van der Waals surface area contributed by atoms with E-state index < -0.39 is 27.7 Å². The van der Waals surface area contributed by atoms with Crippen molar-refractivity contribution >= 4 is 15.8 Å². The lowest BCUT2D eigenvalue weighted by Gasteiger charge is -2.15. The van der Waals surface area contributed by atoms with Crippen LogP contribution in [0.2, 0.25) is 0 Å². The first-order chi connectivity index (χ1) is 11.2. The fourth-order valence-electron chi connectivity index (χ4n) is 2.18. The van der Waals surface area contributed by atoms with E-state index in [0.29, 0.717) is 0 Å². The van der Waals surface area contributed by atoms with Crippen molar-refractivity contribution in [1.82, 2.24) is 0 Å². The average molecular weight is 350 g/mol. The first-order valence-electron chi connectivity index (χ1n) is 7.21. The molecular formula is C17H18O6S. The first kappa shape index (κ1) is 17.8. The Morgan fingerprint density at radius 2 is 1.79 bits per heavy atom. The van der Waals surface area contributed by atoms with Gasteiger partial charge in [0.15, 0.2) is 9.84 Å². The number of rotatable bonds is 6. The maximum Gasteiger partial charge on any atom is 0.339 e. The summed E-state index contributed by atoms with van der Waals surface area (Å²) in [5, 5.41) is 18.5. The van der Waals surface area contributed by atoms with Gasteiger partial charge < -0.3 is 14.9 Å². The van der Waals surface area contributed by atoms with Crippen LogP contribution in [0, 0.1) is 6.92 Å². The van der Waals surface area contributed by atoms with E-state index in [9.17, 15) is 18.3 Å². The van der Waals surface area contributed by atoms with Crippen molar-refractivity contribution in [1.29, 1.82) is 0 Å². The van der Waals surface area contributed by atoms with Gasteiger partial charge in [0.05, 0.1) is 10.6 Å². The van der Waals surface area contributed by atoms with Crippen molar-refractivity contribution in [2.24, 2.45) is 0 Å². The molecule has 0 aliphatic carbocycles. The van der Waals surface area contributed by atoms with Gasteiger partial charge in [-0.05, 0) is 38.1 Å². The number of sulfone groups is 1. The van der Waals surface area contributed by atoms with Crippen molar-refractivity contribution in [2.75, 3.05) is 5.75 Å². The fourth-order valence-corrected chi connectivity index (χ4v) is 3.61. The number of carboxylic acids is 1. The summed E-state index contributed by atoms with van der Waals surface area (Å²) in [7, 11) is -3.51. The van der Waals surface area contributed by atoms with E-state index in [1.807, 2.05) is 6.92 Å². The third kappa shape index (κ3) is 4.26. The average Bonchev–Trinajstić information content (AvgIpc) is 2.46. The molecule has 2 aromatic rings. The number of ether oxygens (including phenoxy) is 1. The van der Waals surface area contributed by atoms with Gasteiger partial charge in [-0.15, -0.1) is 0 Å². The van der Waals surface area contributed by atoms with E-state index in [1.165, 1.54) is 12.1 Å². The summed E-state index contributed by atoms with van der Waals surface area (Å²) in [4.78, 5) is 11.1. The Bertz CT molecular complexity index is 840. The van der Waals surface area contributed by atoms with Gasteiger partial charge >= 0.3 is 5.97 Å². The Morgan fingerprint density at radius 3 is 2.33 bits per heavy atom. The summed E-state index contributed by atoms with van der Waals surface area (Å²) >= 11 is 0. The van der Waals surface area contributed by atoms with E-state index in [4.69, 9.17) is 9.84 Å². The van der Waals surface area contributed by atoms with Crippen LogP contribution in [0.25, 0.3) is 0 Å². The molecule has 0 saturated heterocycles. The SMILES string of the molecule is Cc1ccc(S(=O)(=O)CC(C)Oc2ccc(C(=O)O)c(O)c2)cc1. The molecule has 0 fully saturated rings. The zero-order valence-electron chi connectivity index (χ0n) is 13.3. The summed E-state index contributed by atoms with van der Waals surface area (Å²) in [6.07, 6.45) is -0.675. The lowest BCUT2D eigenvalue weighted by Crippen LogP contribution is -2.24. The molecule has 7 heteroatoms. The molecule has 24 heavy (non-hydrogen) atoms. The second-order valence-electron chi connectivity index (χ2n) is 5.51. The minimum Gasteiger partial charge on any atom is -0.507 e. The zero-order valence-corrected chi connectivity index (χ0v) is 14.1. The molecule has 0 spiro atoms. The zero-order chi connectivity index (χ0) is 17.9. The Balaban J connectivity index is 2.10. The predicted molar refractivity (Wildman–Crippen MR) is 88.4 cm³/mol. The molecule has 0 saturated carbocycles. The van der Waals surface area contributed by atoms with Crippen molar-refractivity contribution in [3.63, 3.8) is 0 Å². The van der Waals surface area contributed by atoms with Crippen LogP contribution in [0.4, 0.5) is 0 Å². The standard InChI is InChI=1S/C17H18O6S/c1-11-3-6-14(7-4-11)24(21,22)10-12(2)23-13-5-8-15(17(19)20)16(18)9-13/h3-9,12,18H,10H2,1-2H3,(H,19,20). The maximum absolute atomic E-state index is 12.3. The van der Waals surface area contributed by atoms with Gasteiger partial charge in [-0.2, -0.15) is 0 Å². The number of hydrogen-bond donors (Lipinski definition) is 2. The number of benzene rings is 2. The molecule has 128 valence electrons. The third-order valence-electron chi connectivity index (χ3n) is 3.37. The number of phenols is 1. The van der Waals surface area contributed by atoms with Crippen LogP contribution in [-0.4, -0.2) is 36.5 Å². The number of aromatic carboxylic acids is 1. The molecule has 1 unspecified atom stereocenters. The van der Waals surface area contributed by atoms with E-state index >= 15 is 0 Å². The summed E-state index contributed by atoms with van der Waals surface area (Å²) in [6.45, 7) is 3.46. The number of carboxylic acid groups (broad SMARTS) is 1. The van der Waals surface area contributed by atoms with Gasteiger partial charge in [-0.3, -0.25) is 0 Å². The summed E-state index contributed by atoms with van der Waals surface area (Å²) in [6, 6.07) is 10.3. The van der Waals surface area contributed by atoms with E-state index in [2.05, 4.69) is 0 Å². The number of hydrogen-bond acceptors (Lipinski definition) is 5. The molecule has 0 bridgehead atoms. The highest BCUT2D eigenvalue weighted by Gasteiger charge is 2.20. The van der Waals surface area contributed by atoms with Gasteiger partial charge in [-0.1, -0.05) is 17.7 Å². The highest BCUT2D eigenvalue weighted by molar-refractivity contribution is 7.91. The molecule has 2 aromatic carbocycles. The van der Waals surface area contributed by atoms with Gasteiger partial charge in [0.1, 0.15) is 23.2 Å². The van der Waals surface area contributed by atoms with Crippen LogP contribution in [0.1, 0.15) is 22.8 Å². The Morgan fingerprint density at radius 1 is 1.17 bits per heavy atom. The smallest absolute Gasteiger partial charge is 0.339 e. The quantitative estimate of drug-likeness (QED) is 0.830. The lowest BCUT2D eigenvalue weighted by molar-refractivity contribution is 0.0693. The predicted octanol–water partition coefficient (Wildman–Crippen LogP) is 2.64. The number of carbonyl (C=O) groups is 1. The molecule has 1 atom stereocenters. The fraction of sp³-hybridized carbons (Fsp3) is 0.235. The van der Waals surface area contributed by atoms with Gasteiger partial charge in [0.25, 0.3) is 0 Å². The largest absolute Gasteiger partial charge is 0.507 e. The molecular weight excluding hydrogens is 332 g/mol. The molecule has 0 radical (unpaired) electrons. The topological polar surface area (TPSA) is 101 Å². The van der Waals surface area contributed by atoms with Crippen LogP contribution >= 0.6 is 0 Å². The number of aromatic hydroxyl groups is 1. The molecule has 0 aromatic heterocycles. The number of aryl methyl sites for hydroxylation is 1. The molecule has 0 aliphatic rings. The summed E-state index contributed by atoms with van der Waals surface area (Å²) in [5.41, 5.74) is 0.717. The summed E-state index contributed by atoms with van der Waals surface area (Å²) in [5.74, 6) is -1.73. The van der Waals surface area contributed by atoms with Crippen LogP contribution in [0.15, 0.2) is 47.4 Å². The highest BCUT2D eigenvalue weighted by atomic mass is 32.2. The summed E-state index contributed by atoms with van der Waals surface area (Å²) < 4.78 is 30.2. The van der Waals surface area contributed by atoms with Crippen LogP contribution < -0.4 is 4.74 Å². The Kier molecular flexibility index (Phi) is 5.14. The molecule has 2 N–H and O–H groups in total. The second kappa shape index (κ2) is 6.92. The molecule has 0 amide bonds. The monoisotopic (exact) mass is 350 g/mol. The van der Waals surface area contributed by atoms with Crippen molar-refractivity contribution < 1.29 is 28.2 Å². The molecule has 0 aliphatic heterocycles. The minimum atomic E-state index is -3.51. The minimum absolute atomic E-state index is 0.198. The Hall–Kier alpha value is -2.54. The normalized spacial score (nSPS) is 12.6. The maximum atomic E-state index is 12.3. The van der Waals surface area contributed by atoms with E-state index in [1.54, 1.807) is 31.2 Å². The molecule has 2 rings (SSSR count). The highest BCUT2D eigenvalue weighted by Crippen LogP contribution is 2.25. The first-order valence-corrected chi connectivity index (χ1v) is 8.86. The van der Waals surface area contributed by atoms with E-state index in [0.717, 1.165) is 11.6 Å². The van der Waals surface area contributed by atoms with Gasteiger partial charge in [0.2, 0.25) is 0 Å².